The molecule has 1 aromatic rings. The first-order valence-electron chi connectivity index (χ1n) is 4.94. The molecule has 17 heavy (non-hydrogen) atoms. The van der Waals surface area contributed by atoms with Gasteiger partial charge in [0.1, 0.15) is 0 Å². The van der Waals surface area contributed by atoms with Crippen LogP contribution in [0.2, 0.25) is 0 Å². The van der Waals surface area contributed by atoms with E-state index in [2.05, 4.69) is 0 Å². The summed E-state index contributed by atoms with van der Waals surface area (Å²) >= 11 is 0. The molecule has 0 saturated heterocycles. The molecule has 0 aliphatic rings. The minimum atomic E-state index is -2.02. The molecule has 0 heterocycles. The summed E-state index contributed by atoms with van der Waals surface area (Å²) in [5.41, 5.74) is -1.37. The van der Waals surface area contributed by atoms with Gasteiger partial charge in [-0.3, -0.25) is 10.1 Å². The number of aryl methyl sites for hydroxylation is 1. The molecule has 0 spiro atoms. The van der Waals surface area contributed by atoms with Crippen molar-refractivity contribution < 1.29 is 19.9 Å². The summed E-state index contributed by atoms with van der Waals surface area (Å²) < 4.78 is 0. The largest absolute Gasteiger partial charge is 0.479 e. The van der Waals surface area contributed by atoms with Crippen LogP contribution >= 0.6 is 0 Å². The van der Waals surface area contributed by atoms with E-state index in [1.165, 1.54) is 12.1 Å². The van der Waals surface area contributed by atoms with Gasteiger partial charge in [0.05, 0.1) is 4.92 Å². The van der Waals surface area contributed by atoms with Crippen LogP contribution in [0.5, 0.6) is 0 Å². The minimum absolute atomic E-state index is 0.175. The van der Waals surface area contributed by atoms with E-state index in [1.807, 2.05) is 0 Å². The lowest BCUT2D eigenvalue weighted by molar-refractivity contribution is -0.385. The fourth-order valence-corrected chi connectivity index (χ4v) is 1.51. The van der Waals surface area contributed by atoms with Crippen molar-refractivity contribution in [2.45, 2.75) is 25.9 Å². The molecule has 1 rings (SSSR count). The summed E-state index contributed by atoms with van der Waals surface area (Å²) in [6, 6.07) is 4.45. The van der Waals surface area contributed by atoms with E-state index in [0.717, 1.165) is 6.92 Å². The maximum Gasteiger partial charge on any atom is 0.335 e. The van der Waals surface area contributed by atoms with Crippen LogP contribution in [0.1, 0.15) is 18.1 Å². The number of carboxylic acids is 1. The summed E-state index contributed by atoms with van der Waals surface area (Å²) in [7, 11) is 0. The van der Waals surface area contributed by atoms with Crippen LogP contribution in [0.15, 0.2) is 18.2 Å². The molecule has 6 nitrogen and oxygen atoms in total. The third kappa shape index (κ3) is 2.79. The van der Waals surface area contributed by atoms with Gasteiger partial charge >= 0.3 is 5.97 Å². The number of benzene rings is 1. The van der Waals surface area contributed by atoms with Gasteiger partial charge in [-0.2, -0.15) is 0 Å². The van der Waals surface area contributed by atoms with Crippen LogP contribution in [0.3, 0.4) is 0 Å². The van der Waals surface area contributed by atoms with Crippen molar-refractivity contribution in [1.29, 1.82) is 0 Å². The van der Waals surface area contributed by atoms with Crippen molar-refractivity contribution in [3.05, 3.63) is 39.4 Å². The van der Waals surface area contributed by atoms with Gasteiger partial charge in [-0.1, -0.05) is 12.1 Å². The van der Waals surface area contributed by atoms with Crippen LogP contribution < -0.4 is 0 Å². The number of nitro benzene ring substituents is 1. The number of nitrogens with zero attached hydrogens (tertiary/aromatic N) is 1. The Balaban J connectivity index is 3.22. The van der Waals surface area contributed by atoms with E-state index in [-0.39, 0.29) is 17.7 Å². The molecule has 0 aromatic heterocycles. The lowest BCUT2D eigenvalue weighted by Crippen LogP contribution is -2.37. The molecular weight excluding hydrogens is 226 g/mol. The van der Waals surface area contributed by atoms with E-state index >= 15 is 0 Å². The van der Waals surface area contributed by atoms with Crippen molar-refractivity contribution >= 4 is 11.7 Å². The number of aliphatic carboxylic acids is 1. The van der Waals surface area contributed by atoms with Crippen molar-refractivity contribution in [1.82, 2.24) is 0 Å². The number of nitro groups is 1. The van der Waals surface area contributed by atoms with Crippen LogP contribution in [0, 0.1) is 17.0 Å². The Bertz CT molecular complexity index is 467. The summed E-state index contributed by atoms with van der Waals surface area (Å²) in [6.45, 7) is 2.76. The van der Waals surface area contributed by atoms with Crippen LogP contribution in [-0.4, -0.2) is 26.7 Å². The number of rotatable bonds is 4. The molecule has 0 fully saturated rings. The van der Waals surface area contributed by atoms with E-state index in [1.54, 1.807) is 13.0 Å². The monoisotopic (exact) mass is 239 g/mol. The Morgan fingerprint density at radius 2 is 2.12 bits per heavy atom. The van der Waals surface area contributed by atoms with Gasteiger partial charge in [0.25, 0.3) is 5.69 Å². The highest BCUT2D eigenvalue weighted by Crippen LogP contribution is 2.26. The second-order valence-corrected chi connectivity index (χ2v) is 4.09. The second kappa shape index (κ2) is 4.50. The minimum Gasteiger partial charge on any atom is -0.479 e. The van der Waals surface area contributed by atoms with Gasteiger partial charge < -0.3 is 10.2 Å². The van der Waals surface area contributed by atoms with Gasteiger partial charge in [0, 0.05) is 18.1 Å². The SMILES string of the molecule is Cc1cccc([N+](=O)[O-])c1CC(C)(O)C(=O)O. The second-order valence-electron chi connectivity index (χ2n) is 4.09. The number of carbonyl (C=O) groups is 1. The first-order valence-corrected chi connectivity index (χ1v) is 4.94. The van der Waals surface area contributed by atoms with Crippen molar-refractivity contribution in [3.8, 4) is 0 Å². The molecule has 0 aliphatic heterocycles. The molecule has 1 atom stereocenters. The molecule has 0 radical (unpaired) electrons. The Labute approximate surface area is 97.7 Å². The van der Waals surface area contributed by atoms with Crippen molar-refractivity contribution in [2.75, 3.05) is 0 Å². The molecule has 92 valence electrons. The molecule has 1 aromatic carbocycles. The Kier molecular flexibility index (Phi) is 3.47. The lowest BCUT2D eigenvalue weighted by atomic mass is 9.92. The zero-order valence-corrected chi connectivity index (χ0v) is 9.51. The predicted molar refractivity (Wildman–Crippen MR) is 59.8 cm³/mol. The zero-order valence-electron chi connectivity index (χ0n) is 9.51. The van der Waals surface area contributed by atoms with E-state index in [0.29, 0.717) is 5.56 Å². The number of aliphatic hydroxyl groups is 1. The predicted octanol–water partition coefficient (Wildman–Crippen LogP) is 1.28. The van der Waals surface area contributed by atoms with Crippen molar-refractivity contribution in [3.63, 3.8) is 0 Å². The van der Waals surface area contributed by atoms with Crippen LogP contribution in [-0.2, 0) is 11.2 Å². The topological polar surface area (TPSA) is 101 Å². The highest BCUT2D eigenvalue weighted by Gasteiger charge is 2.33. The fourth-order valence-electron chi connectivity index (χ4n) is 1.51. The first kappa shape index (κ1) is 13.1. The standard InChI is InChI=1S/C11H13NO5/c1-7-4-3-5-9(12(16)17)8(7)6-11(2,15)10(13)14/h3-5,15H,6H2,1-2H3,(H,13,14). The first-order chi connectivity index (χ1) is 7.75. The fraction of sp³-hybridized carbons (Fsp3) is 0.364. The maximum absolute atomic E-state index is 10.8. The van der Waals surface area contributed by atoms with Gasteiger partial charge in [0.15, 0.2) is 5.60 Å². The van der Waals surface area contributed by atoms with Crippen LogP contribution in [0.4, 0.5) is 5.69 Å². The Hall–Kier alpha value is -1.95. The molecule has 0 amide bonds. The quantitative estimate of drug-likeness (QED) is 0.608. The third-order valence-electron chi connectivity index (χ3n) is 2.56. The number of hydrogen-bond acceptors (Lipinski definition) is 4. The maximum atomic E-state index is 10.8. The average molecular weight is 239 g/mol. The normalized spacial score (nSPS) is 14.1. The smallest absolute Gasteiger partial charge is 0.335 e. The average Bonchev–Trinajstić information content (AvgIpc) is 2.20. The Morgan fingerprint density at radius 1 is 1.53 bits per heavy atom. The molecular formula is C11H13NO5. The lowest BCUT2D eigenvalue weighted by Gasteiger charge is -2.18. The summed E-state index contributed by atoms with van der Waals surface area (Å²) in [5.74, 6) is -1.41. The molecule has 2 N–H and O–H groups in total. The van der Waals surface area contributed by atoms with Gasteiger partial charge in [0.2, 0.25) is 0 Å². The van der Waals surface area contributed by atoms with E-state index in [4.69, 9.17) is 5.11 Å². The molecule has 6 heteroatoms. The summed E-state index contributed by atoms with van der Waals surface area (Å²) in [5, 5.41) is 29.3. The highest BCUT2D eigenvalue weighted by atomic mass is 16.6. The number of hydrogen-bond donors (Lipinski definition) is 2. The zero-order chi connectivity index (χ0) is 13.2. The Morgan fingerprint density at radius 3 is 2.59 bits per heavy atom. The summed E-state index contributed by atoms with van der Waals surface area (Å²) in [4.78, 5) is 21.0. The molecule has 1 unspecified atom stereocenters. The molecule has 0 saturated carbocycles. The van der Waals surface area contributed by atoms with E-state index < -0.39 is 16.5 Å². The van der Waals surface area contributed by atoms with Gasteiger partial charge in [-0.25, -0.2) is 4.79 Å². The number of carboxylic acid groups (broad SMARTS) is 1. The van der Waals surface area contributed by atoms with Gasteiger partial charge in [-0.05, 0) is 19.4 Å². The summed E-state index contributed by atoms with van der Waals surface area (Å²) in [6.07, 6.45) is -0.300. The van der Waals surface area contributed by atoms with Crippen LogP contribution in [0.25, 0.3) is 0 Å². The molecule has 0 bridgehead atoms. The van der Waals surface area contributed by atoms with Gasteiger partial charge in [-0.15, -0.1) is 0 Å². The van der Waals surface area contributed by atoms with E-state index in [9.17, 15) is 20.0 Å². The van der Waals surface area contributed by atoms with Crippen molar-refractivity contribution in [2.24, 2.45) is 0 Å². The highest BCUT2D eigenvalue weighted by molar-refractivity contribution is 5.77. The third-order valence-corrected chi connectivity index (χ3v) is 2.56. The molecule has 0 aliphatic carbocycles.